The van der Waals surface area contributed by atoms with Gasteiger partial charge in [0.2, 0.25) is 11.8 Å². The summed E-state index contributed by atoms with van der Waals surface area (Å²) in [4.78, 5) is 26.5. The van der Waals surface area contributed by atoms with E-state index >= 15 is 0 Å². The van der Waals surface area contributed by atoms with Gasteiger partial charge in [-0.3, -0.25) is 9.59 Å². The second-order valence-corrected chi connectivity index (χ2v) is 5.18. The van der Waals surface area contributed by atoms with E-state index in [-0.39, 0.29) is 18.0 Å². The van der Waals surface area contributed by atoms with Crippen molar-refractivity contribution >= 4 is 17.4 Å². The van der Waals surface area contributed by atoms with E-state index in [1.54, 1.807) is 19.9 Å². The highest BCUT2D eigenvalue weighted by Crippen LogP contribution is 2.33. The predicted molar refractivity (Wildman–Crippen MR) is 86.0 cm³/mol. The number of likely N-dealkylation sites (N-methyl/N-ethyl adjacent to an activating group) is 2. The van der Waals surface area contributed by atoms with Crippen LogP contribution in [0.2, 0.25) is 0 Å². The van der Waals surface area contributed by atoms with Gasteiger partial charge in [-0.05, 0) is 19.4 Å². The summed E-state index contributed by atoms with van der Waals surface area (Å²) in [6.45, 7) is 4.27. The number of carbonyl (C=O) groups excluding carboxylic acids is 2. The molecule has 0 aromatic heterocycles. The summed E-state index contributed by atoms with van der Waals surface area (Å²) < 4.78 is 39.6. The molecule has 4 nitrogen and oxygen atoms in total. The third kappa shape index (κ3) is 5.40. The smallest absolute Gasteiger partial charge is 0.342 e. The predicted octanol–water partition coefficient (Wildman–Crippen LogP) is 2.96. The van der Waals surface area contributed by atoms with Gasteiger partial charge in [0.05, 0.1) is 12.1 Å². The van der Waals surface area contributed by atoms with E-state index < -0.39 is 17.7 Å². The number of halogens is 3. The van der Waals surface area contributed by atoms with Gasteiger partial charge in [-0.15, -0.1) is 0 Å². The monoisotopic (exact) mass is 342 g/mol. The van der Waals surface area contributed by atoms with E-state index in [9.17, 15) is 22.8 Å². The molecule has 1 aromatic carbocycles. The van der Waals surface area contributed by atoms with Gasteiger partial charge in [0.25, 0.3) is 0 Å². The molecule has 0 aliphatic carbocycles. The van der Waals surface area contributed by atoms with Crippen molar-refractivity contribution in [3.63, 3.8) is 0 Å². The fourth-order valence-corrected chi connectivity index (χ4v) is 2.14. The summed E-state index contributed by atoms with van der Waals surface area (Å²) in [5.41, 5.74) is -1.13. The Bertz CT molecular complexity index is 594. The van der Waals surface area contributed by atoms with Crippen LogP contribution in [-0.2, 0) is 9.59 Å². The molecule has 0 bridgehead atoms. The Hall–Kier alpha value is -2.31. The minimum absolute atomic E-state index is 0.0955. The van der Waals surface area contributed by atoms with Crippen LogP contribution in [0.25, 0.3) is 5.57 Å². The van der Waals surface area contributed by atoms with Crippen molar-refractivity contribution in [1.82, 2.24) is 9.80 Å². The Kier molecular flexibility index (Phi) is 7.00. The molecule has 0 atom stereocenters. The molecule has 1 rings (SSSR count). The molecule has 2 amide bonds. The van der Waals surface area contributed by atoms with Crippen LogP contribution in [0.1, 0.15) is 19.4 Å². The molecule has 0 aliphatic heterocycles. The third-order valence-electron chi connectivity index (χ3n) is 3.52. The maximum absolute atomic E-state index is 13.2. The lowest BCUT2D eigenvalue weighted by Crippen LogP contribution is -2.40. The summed E-state index contributed by atoms with van der Waals surface area (Å²) in [7, 11) is 1.30. The summed E-state index contributed by atoms with van der Waals surface area (Å²) in [6, 6.07) is 7.09. The molecule has 132 valence electrons. The quantitative estimate of drug-likeness (QED) is 0.746. The maximum atomic E-state index is 13.2. The van der Waals surface area contributed by atoms with Crippen molar-refractivity contribution in [3.05, 3.63) is 42.0 Å². The van der Waals surface area contributed by atoms with Crippen LogP contribution in [0.5, 0.6) is 0 Å². The Morgan fingerprint density at radius 3 is 2.08 bits per heavy atom. The number of nitrogens with zero attached hydrogens (tertiary/aromatic N) is 2. The number of carbonyl (C=O) groups is 2. The van der Waals surface area contributed by atoms with Crippen LogP contribution in [0.15, 0.2) is 36.4 Å². The molecule has 0 unspecified atom stereocenters. The van der Waals surface area contributed by atoms with E-state index in [2.05, 4.69) is 0 Å². The first-order valence-corrected chi connectivity index (χ1v) is 7.57. The molecule has 1 aromatic rings. The fraction of sp³-hybridized carbons (Fsp3) is 0.412. The summed E-state index contributed by atoms with van der Waals surface area (Å²) in [5.74, 6) is -1.18. The molecule has 0 radical (unpaired) electrons. The summed E-state index contributed by atoms with van der Waals surface area (Å²) in [5, 5.41) is 0. The first kappa shape index (κ1) is 19.7. The molecule has 24 heavy (non-hydrogen) atoms. The van der Waals surface area contributed by atoms with E-state index in [0.29, 0.717) is 19.2 Å². The van der Waals surface area contributed by atoms with Gasteiger partial charge in [0.1, 0.15) is 0 Å². The first-order chi connectivity index (χ1) is 11.2. The van der Waals surface area contributed by atoms with E-state index in [1.807, 2.05) is 0 Å². The van der Waals surface area contributed by atoms with Crippen molar-refractivity contribution < 1.29 is 22.8 Å². The zero-order valence-electron chi connectivity index (χ0n) is 13.9. The van der Waals surface area contributed by atoms with Crippen molar-refractivity contribution in [2.24, 2.45) is 0 Å². The zero-order chi connectivity index (χ0) is 18.3. The zero-order valence-corrected chi connectivity index (χ0v) is 13.9. The topological polar surface area (TPSA) is 40.6 Å². The normalized spacial score (nSPS) is 12.0. The molecule has 0 heterocycles. The van der Waals surface area contributed by atoms with Crippen LogP contribution in [0.3, 0.4) is 0 Å². The molecular formula is C17H21F3N2O2. The van der Waals surface area contributed by atoms with Gasteiger partial charge >= 0.3 is 6.18 Å². The van der Waals surface area contributed by atoms with Crippen molar-refractivity contribution in [2.75, 3.05) is 26.7 Å². The Morgan fingerprint density at radius 1 is 1.08 bits per heavy atom. The van der Waals surface area contributed by atoms with Crippen molar-refractivity contribution in [3.8, 4) is 0 Å². The lowest BCUT2D eigenvalue weighted by molar-refractivity contribution is -0.137. The minimum Gasteiger partial charge on any atom is -0.342 e. The Labute approximate surface area is 139 Å². The summed E-state index contributed by atoms with van der Waals surface area (Å²) >= 11 is 0. The van der Waals surface area contributed by atoms with Gasteiger partial charge in [-0.2, -0.15) is 13.2 Å². The van der Waals surface area contributed by atoms with Gasteiger partial charge in [0.15, 0.2) is 0 Å². The highest BCUT2D eigenvalue weighted by atomic mass is 19.4. The molecule has 0 N–H and O–H groups in total. The molecule has 0 fully saturated rings. The van der Waals surface area contributed by atoms with Gasteiger partial charge < -0.3 is 9.80 Å². The molecule has 0 saturated carbocycles. The Balaban J connectivity index is 2.98. The number of hydrogen-bond donors (Lipinski definition) is 0. The van der Waals surface area contributed by atoms with Gasteiger partial charge in [-0.1, -0.05) is 30.3 Å². The largest absolute Gasteiger partial charge is 0.417 e. The standard InChI is InChI=1S/C17H21F3N2O2/c1-4-22(5-2)16(24)12-21(3)15(23)11-14(17(18,19)20)13-9-7-6-8-10-13/h6-11H,4-5,12H2,1-3H3/b14-11-. The van der Waals surface area contributed by atoms with E-state index in [0.717, 1.165) is 4.90 Å². The fourth-order valence-electron chi connectivity index (χ4n) is 2.14. The SMILES string of the molecule is CCN(CC)C(=O)CN(C)C(=O)/C=C(/c1ccccc1)C(F)(F)F. The van der Waals surface area contributed by atoms with Crippen LogP contribution >= 0.6 is 0 Å². The van der Waals surface area contributed by atoms with E-state index in [1.165, 1.54) is 36.2 Å². The second kappa shape index (κ2) is 8.52. The van der Waals surface area contributed by atoms with Crippen molar-refractivity contribution in [2.45, 2.75) is 20.0 Å². The molecule has 0 aliphatic rings. The number of hydrogen-bond acceptors (Lipinski definition) is 2. The number of benzene rings is 1. The van der Waals surface area contributed by atoms with Gasteiger partial charge in [0, 0.05) is 26.2 Å². The van der Waals surface area contributed by atoms with Gasteiger partial charge in [-0.25, -0.2) is 0 Å². The number of amides is 2. The molecule has 0 saturated heterocycles. The highest BCUT2D eigenvalue weighted by Gasteiger charge is 2.35. The average Bonchev–Trinajstić information content (AvgIpc) is 2.53. The summed E-state index contributed by atoms with van der Waals surface area (Å²) in [6.07, 6.45) is -4.13. The van der Waals surface area contributed by atoms with Crippen LogP contribution < -0.4 is 0 Å². The molecule has 0 spiro atoms. The van der Waals surface area contributed by atoms with Crippen molar-refractivity contribution in [1.29, 1.82) is 0 Å². The Morgan fingerprint density at radius 2 is 1.62 bits per heavy atom. The average molecular weight is 342 g/mol. The maximum Gasteiger partial charge on any atom is 0.417 e. The molecule has 7 heteroatoms. The van der Waals surface area contributed by atoms with E-state index in [4.69, 9.17) is 0 Å². The number of allylic oxidation sites excluding steroid dienone is 1. The van der Waals surface area contributed by atoms with Crippen LogP contribution in [0.4, 0.5) is 13.2 Å². The first-order valence-electron chi connectivity index (χ1n) is 7.57. The number of rotatable bonds is 6. The van der Waals surface area contributed by atoms with Crippen LogP contribution in [0, 0.1) is 0 Å². The lowest BCUT2D eigenvalue weighted by atomic mass is 10.0. The molecular weight excluding hydrogens is 321 g/mol. The minimum atomic E-state index is -4.67. The highest BCUT2D eigenvalue weighted by molar-refractivity contribution is 5.97. The third-order valence-corrected chi connectivity index (χ3v) is 3.52. The second-order valence-electron chi connectivity index (χ2n) is 5.18. The number of alkyl halides is 3. The van der Waals surface area contributed by atoms with Crippen LogP contribution in [-0.4, -0.2) is 54.5 Å². The lowest BCUT2D eigenvalue weighted by Gasteiger charge is -2.23.